The molecule has 0 radical (unpaired) electrons. The Morgan fingerprint density at radius 1 is 0.583 bits per heavy atom. The van der Waals surface area contributed by atoms with E-state index in [4.69, 9.17) is 14.2 Å². The summed E-state index contributed by atoms with van der Waals surface area (Å²) >= 11 is 0. The molecule has 1 fully saturated rings. The summed E-state index contributed by atoms with van der Waals surface area (Å²) < 4.78 is 16.5. The molecule has 48 heavy (non-hydrogen) atoms. The maximum atomic E-state index is 13.3. The van der Waals surface area contributed by atoms with Gasteiger partial charge >= 0.3 is 18.2 Å². The third-order valence-corrected chi connectivity index (χ3v) is 7.92. The number of benzene rings is 3. The van der Waals surface area contributed by atoms with Gasteiger partial charge in [-0.1, -0.05) is 91.0 Å². The highest BCUT2D eigenvalue weighted by atomic mass is 16.6. The van der Waals surface area contributed by atoms with Crippen molar-refractivity contribution >= 4 is 18.2 Å². The summed E-state index contributed by atoms with van der Waals surface area (Å²) in [4.78, 5) is 43.7. The van der Waals surface area contributed by atoms with Gasteiger partial charge in [0.2, 0.25) is 0 Å². The van der Waals surface area contributed by atoms with E-state index in [1.54, 1.807) is 4.90 Å². The van der Waals surface area contributed by atoms with Crippen molar-refractivity contribution in [3.63, 3.8) is 0 Å². The molecular weight excluding hydrogens is 616 g/mol. The van der Waals surface area contributed by atoms with Gasteiger partial charge in [0.05, 0.1) is 18.6 Å². The van der Waals surface area contributed by atoms with E-state index >= 15 is 0 Å². The topological polar surface area (TPSA) is 141 Å². The summed E-state index contributed by atoms with van der Waals surface area (Å²) in [5, 5.41) is 24.8. The molecule has 1 heterocycles. The number of amides is 2. The summed E-state index contributed by atoms with van der Waals surface area (Å²) in [5.74, 6) is -0.611. The first-order chi connectivity index (χ1) is 23.4. The molecule has 258 valence electrons. The number of esters is 1. The number of carbonyl (C=O) groups is 3. The standard InChI is InChI=1S/C36H46N4O8/c41-32(24-34(43)46-26-29-10-4-1-5-11-29)33(42)25-38-18-16-37-17-19-39(35(44)47-27-30-12-6-2-7-13-30)22-23-40(21-20-38)36(45)48-28-31-14-8-3-9-15-31/h1-15,32-33,37,41-42H,16-28H2. The van der Waals surface area contributed by atoms with Crippen molar-refractivity contribution in [1.82, 2.24) is 20.0 Å². The molecule has 1 aliphatic rings. The van der Waals surface area contributed by atoms with Gasteiger partial charge in [-0.2, -0.15) is 0 Å². The first-order valence-electron chi connectivity index (χ1n) is 16.3. The second kappa shape index (κ2) is 20.0. The predicted octanol–water partition coefficient (Wildman–Crippen LogP) is 3.02. The van der Waals surface area contributed by atoms with E-state index < -0.39 is 30.4 Å². The fourth-order valence-corrected chi connectivity index (χ4v) is 5.07. The molecule has 0 aromatic heterocycles. The predicted molar refractivity (Wildman–Crippen MR) is 179 cm³/mol. The minimum absolute atomic E-state index is 0.0691. The SMILES string of the molecule is O=C(CC(O)C(O)CN1CCNCCN(C(=O)OCc2ccccc2)CCN(C(=O)OCc2ccccc2)CC1)OCc1ccccc1. The molecule has 3 aromatic rings. The molecule has 4 rings (SSSR count). The van der Waals surface area contributed by atoms with Gasteiger partial charge in [0.15, 0.2) is 0 Å². The van der Waals surface area contributed by atoms with Crippen molar-refractivity contribution in [3.8, 4) is 0 Å². The third-order valence-electron chi connectivity index (χ3n) is 7.92. The van der Waals surface area contributed by atoms with Gasteiger partial charge in [0.1, 0.15) is 19.8 Å². The van der Waals surface area contributed by atoms with Crippen LogP contribution in [0.2, 0.25) is 0 Å². The number of aliphatic hydroxyl groups excluding tert-OH is 2. The number of nitrogens with zero attached hydrogens (tertiary/aromatic N) is 3. The van der Waals surface area contributed by atoms with Crippen molar-refractivity contribution < 1.29 is 38.8 Å². The Morgan fingerprint density at radius 2 is 1.02 bits per heavy atom. The van der Waals surface area contributed by atoms with E-state index in [-0.39, 0.29) is 52.4 Å². The van der Waals surface area contributed by atoms with Gasteiger partial charge in [-0.25, -0.2) is 9.59 Å². The Balaban J connectivity index is 1.34. The molecule has 0 bridgehead atoms. The second-order valence-corrected chi connectivity index (χ2v) is 11.6. The monoisotopic (exact) mass is 662 g/mol. The molecule has 0 saturated carbocycles. The zero-order chi connectivity index (χ0) is 34.0. The molecule has 0 aliphatic carbocycles. The average Bonchev–Trinajstić information content (AvgIpc) is 3.11. The molecular formula is C36H46N4O8. The van der Waals surface area contributed by atoms with Crippen LogP contribution in [-0.4, -0.2) is 114 Å². The van der Waals surface area contributed by atoms with E-state index in [1.165, 1.54) is 4.90 Å². The number of aliphatic hydroxyl groups is 2. The molecule has 2 atom stereocenters. The third kappa shape index (κ3) is 13.0. The number of rotatable bonds is 11. The molecule has 1 saturated heterocycles. The van der Waals surface area contributed by atoms with Crippen LogP contribution in [0, 0.1) is 0 Å². The molecule has 1 aliphatic heterocycles. The van der Waals surface area contributed by atoms with Crippen LogP contribution in [0.25, 0.3) is 0 Å². The van der Waals surface area contributed by atoms with Crippen LogP contribution in [0.1, 0.15) is 23.1 Å². The largest absolute Gasteiger partial charge is 0.461 e. The Bertz CT molecular complexity index is 1380. The molecule has 3 N–H and O–H groups in total. The van der Waals surface area contributed by atoms with Gasteiger partial charge in [0, 0.05) is 58.9 Å². The van der Waals surface area contributed by atoms with Crippen molar-refractivity contribution in [2.75, 3.05) is 58.9 Å². The summed E-state index contributed by atoms with van der Waals surface area (Å²) in [6.07, 6.45) is -3.92. The summed E-state index contributed by atoms with van der Waals surface area (Å²) in [6.45, 7) is 3.23. The number of ether oxygens (including phenoxy) is 3. The Kier molecular flexibility index (Phi) is 15.1. The van der Waals surface area contributed by atoms with Gasteiger partial charge in [0.25, 0.3) is 0 Å². The molecule has 12 nitrogen and oxygen atoms in total. The Morgan fingerprint density at radius 3 is 1.54 bits per heavy atom. The minimum Gasteiger partial charge on any atom is -0.461 e. The minimum atomic E-state index is -1.33. The molecule has 12 heteroatoms. The van der Waals surface area contributed by atoms with Crippen LogP contribution in [-0.2, 0) is 38.8 Å². The number of carbonyl (C=O) groups excluding carboxylic acids is 3. The van der Waals surface area contributed by atoms with E-state index in [0.717, 1.165) is 16.7 Å². The lowest BCUT2D eigenvalue weighted by atomic mass is 10.1. The first kappa shape index (κ1) is 36.3. The normalized spacial score (nSPS) is 16.1. The van der Waals surface area contributed by atoms with E-state index in [9.17, 15) is 24.6 Å². The van der Waals surface area contributed by atoms with Crippen LogP contribution < -0.4 is 5.32 Å². The Hall–Kier alpha value is -4.49. The first-order valence-corrected chi connectivity index (χ1v) is 16.3. The zero-order valence-electron chi connectivity index (χ0n) is 27.2. The highest BCUT2D eigenvalue weighted by Gasteiger charge is 2.26. The fraction of sp³-hybridized carbons (Fsp3) is 0.417. The van der Waals surface area contributed by atoms with Gasteiger partial charge in [-0.05, 0) is 16.7 Å². The summed E-state index contributed by atoms with van der Waals surface area (Å²) in [5.41, 5.74) is 2.55. The fourth-order valence-electron chi connectivity index (χ4n) is 5.07. The maximum Gasteiger partial charge on any atom is 0.410 e. The van der Waals surface area contributed by atoms with Crippen molar-refractivity contribution in [1.29, 1.82) is 0 Å². The Labute approximate surface area is 281 Å². The van der Waals surface area contributed by atoms with Crippen molar-refractivity contribution in [2.45, 2.75) is 38.4 Å². The maximum absolute atomic E-state index is 13.3. The van der Waals surface area contributed by atoms with Crippen molar-refractivity contribution in [3.05, 3.63) is 108 Å². The van der Waals surface area contributed by atoms with Gasteiger partial charge < -0.3 is 39.5 Å². The van der Waals surface area contributed by atoms with E-state index in [1.807, 2.05) is 95.9 Å². The number of hydrogen-bond donors (Lipinski definition) is 3. The van der Waals surface area contributed by atoms with Crippen LogP contribution in [0.4, 0.5) is 9.59 Å². The lowest BCUT2D eigenvalue weighted by molar-refractivity contribution is -0.149. The average molecular weight is 663 g/mol. The zero-order valence-corrected chi connectivity index (χ0v) is 27.2. The van der Waals surface area contributed by atoms with E-state index in [0.29, 0.717) is 32.7 Å². The summed E-state index contributed by atoms with van der Waals surface area (Å²) in [7, 11) is 0. The van der Waals surface area contributed by atoms with Crippen molar-refractivity contribution in [2.24, 2.45) is 0 Å². The second-order valence-electron chi connectivity index (χ2n) is 11.6. The van der Waals surface area contributed by atoms with Crippen LogP contribution in [0.3, 0.4) is 0 Å². The van der Waals surface area contributed by atoms with Gasteiger partial charge in [-0.3, -0.25) is 9.69 Å². The number of nitrogens with one attached hydrogen (secondary N) is 1. The van der Waals surface area contributed by atoms with Crippen LogP contribution in [0.5, 0.6) is 0 Å². The lowest BCUT2D eigenvalue weighted by Crippen LogP contribution is -2.49. The lowest BCUT2D eigenvalue weighted by Gasteiger charge is -2.32. The highest BCUT2D eigenvalue weighted by Crippen LogP contribution is 2.10. The smallest absolute Gasteiger partial charge is 0.410 e. The quantitative estimate of drug-likeness (QED) is 0.207. The molecule has 2 amide bonds. The molecule has 0 spiro atoms. The molecule has 3 aromatic carbocycles. The van der Waals surface area contributed by atoms with E-state index in [2.05, 4.69) is 5.32 Å². The van der Waals surface area contributed by atoms with Gasteiger partial charge in [-0.15, -0.1) is 0 Å². The highest BCUT2D eigenvalue weighted by molar-refractivity contribution is 5.70. The number of β-amino-alcohol motifs (C(OH)–C–C–N with tert-alkyl or cyclic N) is 1. The summed E-state index contributed by atoms with van der Waals surface area (Å²) in [6, 6.07) is 28.0. The number of hydrogen-bond acceptors (Lipinski definition) is 10. The molecule has 2 unspecified atom stereocenters. The van der Waals surface area contributed by atoms with Crippen LogP contribution >= 0.6 is 0 Å². The van der Waals surface area contributed by atoms with Crippen LogP contribution in [0.15, 0.2) is 91.0 Å².